The van der Waals surface area contributed by atoms with Crippen molar-refractivity contribution in [2.24, 2.45) is 11.7 Å². The lowest BCUT2D eigenvalue weighted by Crippen LogP contribution is -2.30. The van der Waals surface area contributed by atoms with Crippen LogP contribution in [0.3, 0.4) is 0 Å². The standard InChI is InChI=1S/C13H24F2N2O2/c14-12(15)9-19-7-6-17-13(18)5-4-10-2-1-3-11(16)8-10/h10-12H,1-9,16H2,(H,17,18). The van der Waals surface area contributed by atoms with Crippen LogP contribution in [0.2, 0.25) is 0 Å². The summed E-state index contributed by atoms with van der Waals surface area (Å²) in [6.45, 7) is -0.157. The van der Waals surface area contributed by atoms with E-state index < -0.39 is 13.0 Å². The Morgan fingerprint density at radius 1 is 1.42 bits per heavy atom. The van der Waals surface area contributed by atoms with Gasteiger partial charge in [-0.05, 0) is 25.2 Å². The topological polar surface area (TPSA) is 64.4 Å². The van der Waals surface area contributed by atoms with Gasteiger partial charge in [0.05, 0.1) is 6.61 Å². The third kappa shape index (κ3) is 8.10. The quantitative estimate of drug-likeness (QED) is 0.664. The van der Waals surface area contributed by atoms with E-state index in [1.807, 2.05) is 0 Å². The third-order valence-electron chi connectivity index (χ3n) is 3.42. The van der Waals surface area contributed by atoms with Gasteiger partial charge in [0.25, 0.3) is 6.43 Å². The minimum atomic E-state index is -2.45. The van der Waals surface area contributed by atoms with Gasteiger partial charge in [0.15, 0.2) is 0 Å². The van der Waals surface area contributed by atoms with Crippen LogP contribution < -0.4 is 11.1 Å². The molecule has 2 atom stereocenters. The summed E-state index contributed by atoms with van der Waals surface area (Å²) in [6.07, 6.45) is 3.28. The highest BCUT2D eigenvalue weighted by molar-refractivity contribution is 5.75. The molecule has 1 rings (SSSR count). The zero-order valence-electron chi connectivity index (χ0n) is 11.2. The Morgan fingerprint density at radius 2 is 2.21 bits per heavy atom. The zero-order chi connectivity index (χ0) is 14.1. The molecule has 3 N–H and O–H groups in total. The maximum absolute atomic E-state index is 11.8. The van der Waals surface area contributed by atoms with Crippen molar-refractivity contribution in [3.8, 4) is 0 Å². The van der Waals surface area contributed by atoms with Gasteiger partial charge in [0.1, 0.15) is 6.61 Å². The predicted octanol–water partition coefficient (Wildman–Crippen LogP) is 1.68. The molecule has 1 amide bonds. The van der Waals surface area contributed by atoms with E-state index in [0.29, 0.717) is 12.3 Å². The summed E-state index contributed by atoms with van der Waals surface area (Å²) >= 11 is 0. The molecular weight excluding hydrogens is 254 g/mol. The summed E-state index contributed by atoms with van der Waals surface area (Å²) in [5.41, 5.74) is 5.89. The summed E-state index contributed by atoms with van der Waals surface area (Å²) in [5, 5.41) is 2.67. The number of amides is 1. The molecule has 0 heterocycles. The molecule has 0 aromatic rings. The highest BCUT2D eigenvalue weighted by atomic mass is 19.3. The molecule has 19 heavy (non-hydrogen) atoms. The van der Waals surface area contributed by atoms with Crippen molar-refractivity contribution in [1.29, 1.82) is 0 Å². The Morgan fingerprint density at radius 3 is 2.89 bits per heavy atom. The van der Waals surface area contributed by atoms with E-state index in [1.165, 1.54) is 0 Å². The van der Waals surface area contributed by atoms with E-state index >= 15 is 0 Å². The van der Waals surface area contributed by atoms with Crippen LogP contribution in [0.5, 0.6) is 0 Å². The first-order chi connectivity index (χ1) is 9.08. The van der Waals surface area contributed by atoms with Crippen molar-refractivity contribution in [1.82, 2.24) is 5.32 Å². The van der Waals surface area contributed by atoms with Gasteiger partial charge >= 0.3 is 0 Å². The maximum atomic E-state index is 11.8. The first-order valence-corrected chi connectivity index (χ1v) is 6.96. The summed E-state index contributed by atoms with van der Waals surface area (Å²) in [7, 11) is 0. The molecule has 6 heteroatoms. The molecular formula is C13H24F2N2O2. The molecule has 2 unspecified atom stereocenters. The number of nitrogens with one attached hydrogen (secondary N) is 1. The smallest absolute Gasteiger partial charge is 0.261 e. The molecule has 0 aromatic carbocycles. The largest absolute Gasteiger partial charge is 0.374 e. The average Bonchev–Trinajstić information content (AvgIpc) is 2.35. The lowest BCUT2D eigenvalue weighted by molar-refractivity contribution is -0.121. The second-order valence-corrected chi connectivity index (χ2v) is 5.15. The highest BCUT2D eigenvalue weighted by Gasteiger charge is 2.19. The number of carbonyl (C=O) groups excluding carboxylic acids is 1. The first-order valence-electron chi connectivity index (χ1n) is 6.96. The van der Waals surface area contributed by atoms with Crippen LogP contribution in [0, 0.1) is 5.92 Å². The van der Waals surface area contributed by atoms with Gasteiger partial charge in [-0.2, -0.15) is 0 Å². The van der Waals surface area contributed by atoms with E-state index in [2.05, 4.69) is 10.1 Å². The number of alkyl halides is 2. The minimum absolute atomic E-state index is 0.0419. The van der Waals surface area contributed by atoms with Crippen LogP contribution >= 0.6 is 0 Å². The molecule has 0 aliphatic heterocycles. The van der Waals surface area contributed by atoms with Crippen molar-refractivity contribution < 1.29 is 18.3 Å². The summed E-state index contributed by atoms with van der Waals surface area (Å²) in [5.74, 6) is 0.504. The molecule has 1 aliphatic rings. The normalized spacial score (nSPS) is 23.6. The van der Waals surface area contributed by atoms with Gasteiger partial charge in [-0.15, -0.1) is 0 Å². The van der Waals surface area contributed by atoms with Crippen molar-refractivity contribution >= 4 is 5.91 Å². The lowest BCUT2D eigenvalue weighted by Gasteiger charge is -2.26. The van der Waals surface area contributed by atoms with Gasteiger partial charge in [-0.1, -0.05) is 12.8 Å². The monoisotopic (exact) mass is 278 g/mol. The van der Waals surface area contributed by atoms with Gasteiger partial charge in [-0.25, -0.2) is 8.78 Å². The second-order valence-electron chi connectivity index (χ2n) is 5.15. The Hall–Kier alpha value is -0.750. The van der Waals surface area contributed by atoms with Crippen LogP contribution in [-0.4, -0.2) is 38.1 Å². The van der Waals surface area contributed by atoms with Gasteiger partial charge in [0.2, 0.25) is 5.91 Å². The number of hydrogen-bond acceptors (Lipinski definition) is 3. The molecule has 0 saturated heterocycles. The Kier molecular flexibility index (Phi) is 7.90. The molecule has 0 aromatic heterocycles. The first kappa shape index (κ1) is 16.3. The molecule has 0 spiro atoms. The lowest BCUT2D eigenvalue weighted by atomic mass is 9.83. The SMILES string of the molecule is NC1CCCC(CCC(=O)NCCOCC(F)F)C1. The Labute approximate surface area is 113 Å². The van der Waals surface area contributed by atoms with E-state index in [-0.39, 0.29) is 25.1 Å². The molecule has 0 radical (unpaired) electrons. The van der Waals surface area contributed by atoms with Crippen LogP contribution in [0.4, 0.5) is 8.78 Å². The van der Waals surface area contributed by atoms with E-state index in [0.717, 1.165) is 32.1 Å². The predicted molar refractivity (Wildman–Crippen MR) is 69.0 cm³/mol. The number of carbonyl (C=O) groups is 1. The van der Waals surface area contributed by atoms with Crippen molar-refractivity contribution in [3.63, 3.8) is 0 Å². The van der Waals surface area contributed by atoms with E-state index in [1.54, 1.807) is 0 Å². The fourth-order valence-electron chi connectivity index (χ4n) is 2.45. The number of nitrogens with two attached hydrogens (primary N) is 1. The maximum Gasteiger partial charge on any atom is 0.261 e. The molecule has 1 saturated carbocycles. The number of halogens is 2. The number of rotatable bonds is 8. The second kappa shape index (κ2) is 9.20. The van der Waals surface area contributed by atoms with Crippen molar-refractivity contribution in [2.75, 3.05) is 19.8 Å². The zero-order valence-corrected chi connectivity index (χ0v) is 11.2. The summed E-state index contributed by atoms with van der Waals surface area (Å²) in [6, 6.07) is 0.282. The molecule has 1 fully saturated rings. The van der Waals surface area contributed by atoms with Crippen LogP contribution in [0.25, 0.3) is 0 Å². The van der Waals surface area contributed by atoms with Gasteiger partial charge < -0.3 is 15.8 Å². The Balaban J connectivity index is 1.98. The van der Waals surface area contributed by atoms with Crippen molar-refractivity contribution in [2.45, 2.75) is 51.0 Å². The van der Waals surface area contributed by atoms with Gasteiger partial charge in [0, 0.05) is 19.0 Å². The highest BCUT2D eigenvalue weighted by Crippen LogP contribution is 2.26. The average molecular weight is 278 g/mol. The Bertz CT molecular complexity index is 265. The van der Waals surface area contributed by atoms with E-state index in [4.69, 9.17) is 5.73 Å². The van der Waals surface area contributed by atoms with Crippen LogP contribution in [-0.2, 0) is 9.53 Å². The van der Waals surface area contributed by atoms with Crippen LogP contribution in [0.1, 0.15) is 38.5 Å². The molecule has 112 valence electrons. The van der Waals surface area contributed by atoms with Gasteiger partial charge in [-0.3, -0.25) is 4.79 Å². The third-order valence-corrected chi connectivity index (χ3v) is 3.42. The minimum Gasteiger partial charge on any atom is -0.374 e. The van der Waals surface area contributed by atoms with E-state index in [9.17, 15) is 13.6 Å². The fourth-order valence-corrected chi connectivity index (χ4v) is 2.45. The number of hydrogen-bond donors (Lipinski definition) is 2. The molecule has 0 bridgehead atoms. The van der Waals surface area contributed by atoms with Crippen LogP contribution in [0.15, 0.2) is 0 Å². The summed E-state index contributed by atoms with van der Waals surface area (Å²) < 4.78 is 28.2. The summed E-state index contributed by atoms with van der Waals surface area (Å²) in [4.78, 5) is 11.5. The molecule has 4 nitrogen and oxygen atoms in total. The van der Waals surface area contributed by atoms with Crippen molar-refractivity contribution in [3.05, 3.63) is 0 Å². The fraction of sp³-hybridized carbons (Fsp3) is 0.923. The number of ether oxygens (including phenoxy) is 1. The molecule has 1 aliphatic carbocycles.